The zero-order valence-corrected chi connectivity index (χ0v) is 16.2. The number of imidazole rings is 2. The lowest BCUT2D eigenvalue weighted by Gasteiger charge is -2.03. The van der Waals surface area contributed by atoms with Crippen LogP contribution in [0.2, 0.25) is 0 Å². The molecule has 7 aromatic rings. The van der Waals surface area contributed by atoms with E-state index in [1.807, 2.05) is 17.4 Å². The van der Waals surface area contributed by atoms with Crippen molar-refractivity contribution in [3.63, 3.8) is 0 Å². The molecule has 4 aromatic carbocycles. The van der Waals surface area contributed by atoms with Gasteiger partial charge in [0.25, 0.3) is 0 Å². The summed E-state index contributed by atoms with van der Waals surface area (Å²) in [6, 6.07) is 30.3. The Morgan fingerprint density at radius 2 is 1.48 bits per heavy atom. The van der Waals surface area contributed by atoms with Crippen LogP contribution in [0.4, 0.5) is 0 Å². The molecule has 29 heavy (non-hydrogen) atoms. The minimum absolute atomic E-state index is 0.887. The highest BCUT2D eigenvalue weighted by molar-refractivity contribution is 7.25. The molecule has 136 valence electrons. The summed E-state index contributed by atoms with van der Waals surface area (Å²) in [4.78, 5) is 8.20. The Hall–Kier alpha value is -3.63. The SMILES string of the molecule is c1ccc2c(c1)[nH]c1nc3ccc(-c4ccc5sc6ccccc6c5c4)cc3n12. The molecule has 0 saturated carbocycles. The number of thiophene rings is 1. The molecule has 4 heteroatoms. The number of hydrogen-bond donors (Lipinski definition) is 1. The van der Waals surface area contributed by atoms with Gasteiger partial charge in [-0.3, -0.25) is 4.40 Å². The van der Waals surface area contributed by atoms with Gasteiger partial charge in [-0.25, -0.2) is 4.98 Å². The summed E-state index contributed by atoms with van der Waals surface area (Å²) < 4.78 is 4.89. The molecule has 3 heterocycles. The van der Waals surface area contributed by atoms with E-state index in [-0.39, 0.29) is 0 Å². The molecule has 0 fully saturated rings. The maximum atomic E-state index is 4.78. The Morgan fingerprint density at radius 1 is 0.690 bits per heavy atom. The molecule has 0 unspecified atom stereocenters. The first-order valence-corrected chi connectivity index (χ1v) is 10.5. The largest absolute Gasteiger partial charge is 0.323 e. The van der Waals surface area contributed by atoms with Gasteiger partial charge in [-0.05, 0) is 53.6 Å². The van der Waals surface area contributed by atoms with E-state index in [4.69, 9.17) is 4.98 Å². The molecular formula is C25H15N3S. The quantitative estimate of drug-likeness (QED) is 0.322. The third-order valence-corrected chi connectivity index (χ3v) is 6.91. The first-order valence-electron chi connectivity index (χ1n) is 9.66. The smallest absolute Gasteiger partial charge is 0.213 e. The number of fused-ring (bicyclic) bond motifs is 8. The van der Waals surface area contributed by atoms with Crippen LogP contribution in [0.3, 0.4) is 0 Å². The summed E-state index contributed by atoms with van der Waals surface area (Å²) in [5.74, 6) is 0.887. The summed E-state index contributed by atoms with van der Waals surface area (Å²) in [7, 11) is 0. The van der Waals surface area contributed by atoms with Gasteiger partial charge in [-0.2, -0.15) is 0 Å². The molecule has 3 nitrogen and oxygen atoms in total. The molecule has 0 aliphatic heterocycles. The predicted molar refractivity (Wildman–Crippen MR) is 123 cm³/mol. The zero-order valence-electron chi connectivity index (χ0n) is 15.4. The average molecular weight is 389 g/mol. The van der Waals surface area contributed by atoms with Crippen LogP contribution in [0, 0.1) is 0 Å². The molecule has 0 saturated heterocycles. The van der Waals surface area contributed by atoms with Crippen molar-refractivity contribution in [1.29, 1.82) is 0 Å². The summed E-state index contributed by atoms with van der Waals surface area (Å²) in [6.07, 6.45) is 0. The molecule has 0 aliphatic rings. The van der Waals surface area contributed by atoms with Crippen molar-refractivity contribution in [2.45, 2.75) is 0 Å². The minimum Gasteiger partial charge on any atom is -0.323 e. The first kappa shape index (κ1) is 15.3. The van der Waals surface area contributed by atoms with Crippen molar-refractivity contribution in [3.8, 4) is 11.1 Å². The molecule has 3 aromatic heterocycles. The van der Waals surface area contributed by atoms with Gasteiger partial charge >= 0.3 is 0 Å². The highest BCUT2D eigenvalue weighted by Crippen LogP contribution is 2.37. The van der Waals surface area contributed by atoms with Crippen molar-refractivity contribution in [3.05, 3.63) is 84.9 Å². The summed E-state index contributed by atoms with van der Waals surface area (Å²) in [5.41, 5.74) is 6.84. The van der Waals surface area contributed by atoms with E-state index in [0.717, 1.165) is 27.8 Å². The summed E-state index contributed by atoms with van der Waals surface area (Å²) >= 11 is 1.86. The van der Waals surface area contributed by atoms with Crippen molar-refractivity contribution in [1.82, 2.24) is 14.4 Å². The summed E-state index contributed by atoms with van der Waals surface area (Å²) in [6.45, 7) is 0. The average Bonchev–Trinajstić information content (AvgIpc) is 3.42. The van der Waals surface area contributed by atoms with E-state index in [1.54, 1.807) is 0 Å². The number of para-hydroxylation sites is 2. The van der Waals surface area contributed by atoms with Crippen molar-refractivity contribution >= 4 is 59.4 Å². The van der Waals surface area contributed by atoms with Crippen molar-refractivity contribution in [2.75, 3.05) is 0 Å². The standard InChI is InChI=1S/C25H15N3S/c1-4-8-23-17(5-1)18-13-15(10-12-24(18)29-23)16-9-11-20-22(14-16)28-21-7-3-2-6-19(21)26-25(28)27-20/h1-14H,(H,26,27). The fourth-order valence-electron chi connectivity index (χ4n) is 4.38. The second kappa shape index (κ2) is 5.46. The molecule has 0 aliphatic carbocycles. The Labute approximate surface area is 169 Å². The number of benzene rings is 4. The zero-order chi connectivity index (χ0) is 18.9. The lowest BCUT2D eigenvalue weighted by molar-refractivity contribution is 1.28. The van der Waals surface area contributed by atoms with E-state index in [0.29, 0.717) is 0 Å². The van der Waals surface area contributed by atoms with Crippen LogP contribution in [0.1, 0.15) is 0 Å². The lowest BCUT2D eigenvalue weighted by atomic mass is 10.0. The lowest BCUT2D eigenvalue weighted by Crippen LogP contribution is -1.83. The van der Waals surface area contributed by atoms with Crippen LogP contribution in [0.25, 0.3) is 59.1 Å². The van der Waals surface area contributed by atoms with E-state index in [9.17, 15) is 0 Å². The highest BCUT2D eigenvalue weighted by atomic mass is 32.1. The number of aromatic nitrogens is 3. The van der Waals surface area contributed by atoms with Crippen LogP contribution in [-0.2, 0) is 0 Å². The molecule has 1 N–H and O–H groups in total. The number of rotatable bonds is 1. The second-order valence-corrected chi connectivity index (χ2v) is 8.51. The fourth-order valence-corrected chi connectivity index (χ4v) is 5.47. The Bertz CT molecular complexity index is 1710. The van der Waals surface area contributed by atoms with E-state index >= 15 is 0 Å². The van der Waals surface area contributed by atoms with Gasteiger partial charge < -0.3 is 4.98 Å². The third-order valence-electron chi connectivity index (χ3n) is 5.76. The molecule has 0 radical (unpaired) electrons. The maximum absolute atomic E-state index is 4.78. The van der Waals surface area contributed by atoms with E-state index < -0.39 is 0 Å². The monoisotopic (exact) mass is 389 g/mol. The molecule has 0 spiro atoms. The molecule has 0 atom stereocenters. The Balaban J connectivity index is 1.50. The number of H-pyrrole nitrogens is 1. The van der Waals surface area contributed by atoms with Crippen LogP contribution in [0.15, 0.2) is 84.9 Å². The van der Waals surface area contributed by atoms with Crippen molar-refractivity contribution < 1.29 is 0 Å². The summed E-state index contributed by atoms with van der Waals surface area (Å²) in [5, 5.41) is 2.66. The second-order valence-electron chi connectivity index (χ2n) is 7.43. The van der Waals surface area contributed by atoms with Gasteiger partial charge in [-0.15, -0.1) is 11.3 Å². The van der Waals surface area contributed by atoms with Gasteiger partial charge in [0.1, 0.15) is 0 Å². The highest BCUT2D eigenvalue weighted by Gasteiger charge is 2.12. The Kier molecular flexibility index (Phi) is 2.88. The van der Waals surface area contributed by atoms with Gasteiger partial charge in [0, 0.05) is 20.2 Å². The first-order chi connectivity index (χ1) is 14.3. The topological polar surface area (TPSA) is 33.1 Å². The number of nitrogens with one attached hydrogen (secondary N) is 1. The minimum atomic E-state index is 0.887. The molecule has 0 amide bonds. The Morgan fingerprint density at radius 3 is 2.48 bits per heavy atom. The normalized spacial score (nSPS) is 12.1. The van der Waals surface area contributed by atoms with Gasteiger partial charge in [-0.1, -0.05) is 42.5 Å². The fraction of sp³-hybridized carbons (Fsp3) is 0. The van der Waals surface area contributed by atoms with Crippen LogP contribution < -0.4 is 0 Å². The molecule has 7 rings (SSSR count). The van der Waals surface area contributed by atoms with E-state index in [2.05, 4.69) is 88.2 Å². The van der Waals surface area contributed by atoms with E-state index in [1.165, 1.54) is 31.3 Å². The van der Waals surface area contributed by atoms with Crippen LogP contribution >= 0.6 is 11.3 Å². The predicted octanol–water partition coefficient (Wildman–Crippen LogP) is 7.00. The molecule has 0 bridgehead atoms. The van der Waals surface area contributed by atoms with Crippen LogP contribution in [-0.4, -0.2) is 14.4 Å². The number of nitrogens with zero attached hydrogens (tertiary/aromatic N) is 2. The number of aromatic amines is 1. The molecular weight excluding hydrogens is 374 g/mol. The maximum Gasteiger partial charge on any atom is 0.213 e. The van der Waals surface area contributed by atoms with Crippen molar-refractivity contribution in [2.24, 2.45) is 0 Å². The van der Waals surface area contributed by atoms with Gasteiger partial charge in [0.2, 0.25) is 5.78 Å². The van der Waals surface area contributed by atoms with Gasteiger partial charge in [0.15, 0.2) is 0 Å². The van der Waals surface area contributed by atoms with Gasteiger partial charge in [0.05, 0.1) is 22.1 Å². The van der Waals surface area contributed by atoms with Crippen LogP contribution in [0.5, 0.6) is 0 Å². The number of hydrogen-bond acceptors (Lipinski definition) is 2. The third kappa shape index (κ3) is 2.09.